The Bertz CT molecular complexity index is 465. The Morgan fingerprint density at radius 2 is 2.11 bits per heavy atom. The van der Waals surface area contributed by atoms with Crippen LogP contribution in [-0.2, 0) is 4.79 Å². The summed E-state index contributed by atoms with van der Waals surface area (Å²) in [5.41, 5.74) is 0.597. The molecule has 0 aromatic heterocycles. The molecule has 1 aromatic carbocycles. The average molecular weight is 426 g/mol. The third-order valence-electron chi connectivity index (χ3n) is 2.39. The first-order valence-electron chi connectivity index (χ1n) is 5.34. The first kappa shape index (κ1) is 15.4. The van der Waals surface area contributed by atoms with Crippen LogP contribution in [0.4, 0.5) is 0 Å². The van der Waals surface area contributed by atoms with Crippen LogP contribution in [0.25, 0.3) is 0 Å². The second-order valence-electron chi connectivity index (χ2n) is 3.85. The first-order chi connectivity index (χ1) is 8.41. The Hall–Kier alpha value is -0.630. The molecule has 98 valence electrons. The summed E-state index contributed by atoms with van der Waals surface area (Å²) in [6.45, 7) is 0.434. The van der Waals surface area contributed by atoms with Crippen molar-refractivity contribution in [2.45, 2.75) is 12.8 Å². The van der Waals surface area contributed by atoms with Gasteiger partial charge in [0, 0.05) is 28.1 Å². The predicted octanol–water partition coefficient (Wildman–Crippen LogP) is 2.99. The van der Waals surface area contributed by atoms with E-state index in [2.05, 4.69) is 38.5 Å². The van der Waals surface area contributed by atoms with Gasteiger partial charge >= 0.3 is 5.97 Å². The van der Waals surface area contributed by atoms with Crippen molar-refractivity contribution < 1.29 is 14.7 Å². The smallest absolute Gasteiger partial charge is 0.303 e. The highest BCUT2D eigenvalue weighted by Gasteiger charge is 2.15. The summed E-state index contributed by atoms with van der Waals surface area (Å²) in [6.07, 6.45) is 0.532. The Balaban J connectivity index is 2.68. The van der Waals surface area contributed by atoms with Crippen molar-refractivity contribution in [2.75, 3.05) is 13.6 Å². The summed E-state index contributed by atoms with van der Waals surface area (Å²) in [6, 6.07) is 5.55. The number of carboxylic acid groups (broad SMARTS) is 1. The van der Waals surface area contributed by atoms with Gasteiger partial charge in [-0.05, 0) is 63.1 Å². The fourth-order valence-electron chi connectivity index (χ4n) is 1.44. The maximum absolute atomic E-state index is 12.1. The third-order valence-corrected chi connectivity index (χ3v) is 3.75. The standard InChI is InChI=1S/C12H13BrINO3/c1-15(6-2-3-11(16)17)12(18)9-7-8(14)4-5-10(9)13/h4-5,7H,2-3,6H2,1H3,(H,16,17). The third kappa shape index (κ3) is 4.56. The molecule has 0 fully saturated rings. The molecule has 18 heavy (non-hydrogen) atoms. The summed E-state index contributed by atoms with van der Waals surface area (Å²) < 4.78 is 1.73. The summed E-state index contributed by atoms with van der Waals surface area (Å²) in [5.74, 6) is -0.947. The van der Waals surface area contributed by atoms with Crippen LogP contribution in [0.5, 0.6) is 0 Å². The number of carbonyl (C=O) groups is 2. The van der Waals surface area contributed by atoms with Crippen molar-refractivity contribution in [1.29, 1.82) is 0 Å². The minimum atomic E-state index is -0.841. The lowest BCUT2D eigenvalue weighted by molar-refractivity contribution is -0.137. The molecule has 0 heterocycles. The number of halogens is 2. The number of hydrogen-bond donors (Lipinski definition) is 1. The van der Waals surface area contributed by atoms with Crippen molar-refractivity contribution in [1.82, 2.24) is 4.90 Å². The molecule has 1 N–H and O–H groups in total. The number of carbonyl (C=O) groups excluding carboxylic acids is 1. The average Bonchev–Trinajstić information content (AvgIpc) is 2.30. The van der Waals surface area contributed by atoms with E-state index in [-0.39, 0.29) is 12.3 Å². The van der Waals surface area contributed by atoms with Gasteiger partial charge in [-0.3, -0.25) is 9.59 Å². The minimum Gasteiger partial charge on any atom is -0.481 e. The SMILES string of the molecule is CN(CCCC(=O)O)C(=O)c1cc(I)ccc1Br. The molecule has 1 aromatic rings. The molecule has 0 aliphatic heterocycles. The number of amides is 1. The lowest BCUT2D eigenvalue weighted by atomic mass is 10.2. The molecule has 0 spiro atoms. The van der Waals surface area contributed by atoms with E-state index in [9.17, 15) is 9.59 Å². The highest BCUT2D eigenvalue weighted by Crippen LogP contribution is 2.20. The largest absolute Gasteiger partial charge is 0.481 e. The topological polar surface area (TPSA) is 57.6 Å². The molecule has 1 rings (SSSR count). The van der Waals surface area contributed by atoms with Gasteiger partial charge < -0.3 is 10.0 Å². The van der Waals surface area contributed by atoms with Crippen molar-refractivity contribution in [2.24, 2.45) is 0 Å². The molecular formula is C12H13BrINO3. The van der Waals surface area contributed by atoms with Gasteiger partial charge in [0.15, 0.2) is 0 Å². The summed E-state index contributed by atoms with van der Waals surface area (Å²) in [5, 5.41) is 8.55. The zero-order valence-corrected chi connectivity index (χ0v) is 13.6. The monoisotopic (exact) mass is 425 g/mol. The van der Waals surface area contributed by atoms with E-state index >= 15 is 0 Å². The maximum atomic E-state index is 12.1. The van der Waals surface area contributed by atoms with E-state index in [0.717, 1.165) is 8.04 Å². The van der Waals surface area contributed by atoms with E-state index < -0.39 is 5.97 Å². The Morgan fingerprint density at radius 3 is 2.72 bits per heavy atom. The van der Waals surface area contributed by atoms with Crippen molar-refractivity contribution in [3.8, 4) is 0 Å². The molecule has 0 saturated carbocycles. The van der Waals surface area contributed by atoms with Crippen LogP contribution in [0.2, 0.25) is 0 Å². The van der Waals surface area contributed by atoms with Crippen LogP contribution in [-0.4, -0.2) is 35.5 Å². The second-order valence-corrected chi connectivity index (χ2v) is 5.95. The van der Waals surface area contributed by atoms with E-state index in [1.807, 2.05) is 12.1 Å². The van der Waals surface area contributed by atoms with Gasteiger partial charge in [0.05, 0.1) is 5.56 Å². The molecule has 0 aliphatic carbocycles. The molecule has 1 amide bonds. The Kier molecular flexibility index (Phi) is 6.07. The quantitative estimate of drug-likeness (QED) is 0.738. The Morgan fingerprint density at radius 1 is 1.44 bits per heavy atom. The van der Waals surface area contributed by atoms with Crippen molar-refractivity contribution >= 4 is 50.4 Å². The highest BCUT2D eigenvalue weighted by atomic mass is 127. The van der Waals surface area contributed by atoms with Gasteiger partial charge in [0.2, 0.25) is 0 Å². The normalized spacial score (nSPS) is 10.2. The highest BCUT2D eigenvalue weighted by molar-refractivity contribution is 14.1. The van der Waals surface area contributed by atoms with E-state index in [4.69, 9.17) is 5.11 Å². The number of aliphatic carboxylic acids is 1. The van der Waals surface area contributed by atoms with Crippen LogP contribution in [0.1, 0.15) is 23.2 Å². The number of rotatable bonds is 5. The lowest BCUT2D eigenvalue weighted by Gasteiger charge is -2.17. The van der Waals surface area contributed by atoms with Gasteiger partial charge in [-0.15, -0.1) is 0 Å². The van der Waals surface area contributed by atoms with Crippen LogP contribution < -0.4 is 0 Å². The van der Waals surface area contributed by atoms with Crippen LogP contribution in [0.15, 0.2) is 22.7 Å². The number of hydrogen-bond acceptors (Lipinski definition) is 2. The molecule has 0 atom stereocenters. The molecule has 0 radical (unpaired) electrons. The lowest BCUT2D eigenvalue weighted by Crippen LogP contribution is -2.28. The predicted molar refractivity (Wildman–Crippen MR) is 80.7 cm³/mol. The second kappa shape index (κ2) is 7.08. The molecule has 0 unspecified atom stereocenters. The summed E-state index contributed by atoms with van der Waals surface area (Å²) in [4.78, 5) is 24.1. The van der Waals surface area contributed by atoms with Gasteiger partial charge in [-0.2, -0.15) is 0 Å². The Labute approximate surface area is 128 Å². The van der Waals surface area contributed by atoms with Gasteiger partial charge in [0.25, 0.3) is 5.91 Å². The zero-order chi connectivity index (χ0) is 13.7. The van der Waals surface area contributed by atoms with Crippen LogP contribution in [0, 0.1) is 3.57 Å². The van der Waals surface area contributed by atoms with Gasteiger partial charge in [-0.1, -0.05) is 0 Å². The van der Waals surface area contributed by atoms with E-state index in [1.165, 1.54) is 0 Å². The van der Waals surface area contributed by atoms with Crippen LogP contribution in [0.3, 0.4) is 0 Å². The van der Waals surface area contributed by atoms with Gasteiger partial charge in [0.1, 0.15) is 0 Å². The fourth-order valence-corrected chi connectivity index (χ4v) is 2.34. The molecule has 6 heteroatoms. The molecule has 0 aliphatic rings. The number of nitrogens with zero attached hydrogens (tertiary/aromatic N) is 1. The summed E-state index contributed by atoms with van der Waals surface area (Å²) in [7, 11) is 1.68. The molecule has 4 nitrogen and oxygen atoms in total. The zero-order valence-electron chi connectivity index (χ0n) is 9.82. The van der Waals surface area contributed by atoms with Crippen molar-refractivity contribution in [3.63, 3.8) is 0 Å². The first-order valence-corrected chi connectivity index (χ1v) is 7.21. The number of carboxylic acids is 1. The maximum Gasteiger partial charge on any atom is 0.303 e. The number of benzene rings is 1. The molecule has 0 bridgehead atoms. The van der Waals surface area contributed by atoms with E-state index in [1.54, 1.807) is 18.0 Å². The van der Waals surface area contributed by atoms with Crippen molar-refractivity contribution in [3.05, 3.63) is 31.8 Å². The van der Waals surface area contributed by atoms with E-state index in [0.29, 0.717) is 18.5 Å². The van der Waals surface area contributed by atoms with Gasteiger partial charge in [-0.25, -0.2) is 0 Å². The minimum absolute atomic E-state index is 0.0745. The summed E-state index contributed by atoms with van der Waals surface area (Å²) >= 11 is 5.49. The van der Waals surface area contributed by atoms with Crippen LogP contribution >= 0.6 is 38.5 Å². The molecule has 0 saturated heterocycles. The fraction of sp³-hybridized carbons (Fsp3) is 0.333. The molecular weight excluding hydrogens is 413 g/mol.